The Morgan fingerprint density at radius 1 is 0.976 bits per heavy atom. The maximum Gasteiger partial charge on any atom is 0.321 e. The molecular weight excluding hydrogens is 561 g/mol. The Morgan fingerprint density at radius 2 is 1.73 bits per heavy atom. The summed E-state index contributed by atoms with van der Waals surface area (Å²) in [6.07, 6.45) is 0.130. The molecule has 0 fully saturated rings. The quantitative estimate of drug-likeness (QED) is 0.239. The molecule has 6 nitrogen and oxygen atoms in total. The van der Waals surface area contributed by atoms with Gasteiger partial charge in [0.25, 0.3) is 0 Å². The Kier molecular flexibility index (Phi) is 7.80. The lowest BCUT2D eigenvalue weighted by atomic mass is 9.90. The molecule has 4 aromatic carbocycles. The Labute approximate surface area is 249 Å². The minimum absolute atomic E-state index is 0.0520. The van der Waals surface area contributed by atoms with Gasteiger partial charge in [0.15, 0.2) is 17.6 Å². The molecule has 2 aliphatic heterocycles. The van der Waals surface area contributed by atoms with E-state index in [9.17, 15) is 9.90 Å². The van der Waals surface area contributed by atoms with Crippen LogP contribution < -0.4 is 14.2 Å². The average Bonchev–Trinajstić information content (AvgIpc) is 3.00. The van der Waals surface area contributed by atoms with Gasteiger partial charge in [-0.3, -0.25) is 9.69 Å². The number of fused-ring (bicyclic) bond motifs is 2. The van der Waals surface area contributed by atoms with Crippen LogP contribution in [0.25, 0.3) is 0 Å². The lowest BCUT2D eigenvalue weighted by Gasteiger charge is -2.39. The van der Waals surface area contributed by atoms with Crippen molar-refractivity contribution in [2.45, 2.75) is 44.7 Å². The molecule has 3 atom stereocenters. The third-order valence-corrected chi connectivity index (χ3v) is 8.54. The van der Waals surface area contributed by atoms with Gasteiger partial charge in [0.1, 0.15) is 25.0 Å². The first-order chi connectivity index (χ1) is 19.9. The van der Waals surface area contributed by atoms with Gasteiger partial charge in [-0.2, -0.15) is 0 Å². The Bertz CT molecular complexity index is 1560. The third kappa shape index (κ3) is 5.87. The highest BCUT2D eigenvalue weighted by molar-refractivity contribution is 6.42. The summed E-state index contributed by atoms with van der Waals surface area (Å²) in [7, 11) is 0. The minimum Gasteiger partial charge on any atom is -0.489 e. The predicted octanol–water partition coefficient (Wildman–Crippen LogP) is 7.66. The van der Waals surface area contributed by atoms with E-state index in [1.165, 1.54) is 0 Å². The van der Waals surface area contributed by atoms with Crippen molar-refractivity contribution in [1.29, 1.82) is 0 Å². The van der Waals surface area contributed by atoms with Gasteiger partial charge in [-0.25, -0.2) is 0 Å². The van der Waals surface area contributed by atoms with Gasteiger partial charge in [-0.05, 0) is 77.6 Å². The van der Waals surface area contributed by atoms with Crippen molar-refractivity contribution in [2.75, 3.05) is 6.61 Å². The van der Waals surface area contributed by atoms with Crippen LogP contribution >= 0.6 is 23.2 Å². The Hall–Kier alpha value is -3.71. The number of aliphatic carboxylic acids is 1. The number of hydrogen-bond donors (Lipinski definition) is 1. The van der Waals surface area contributed by atoms with Crippen molar-refractivity contribution in [3.8, 4) is 17.2 Å². The van der Waals surface area contributed by atoms with Crippen LogP contribution in [0.3, 0.4) is 0 Å². The molecule has 1 N–H and O–H groups in total. The molecule has 0 amide bonds. The zero-order valence-electron chi connectivity index (χ0n) is 22.4. The summed E-state index contributed by atoms with van der Waals surface area (Å²) >= 11 is 12.1. The molecule has 0 spiro atoms. The van der Waals surface area contributed by atoms with Gasteiger partial charge in [0.05, 0.1) is 10.0 Å². The summed E-state index contributed by atoms with van der Waals surface area (Å²) in [6.45, 7) is 3.30. The molecular formula is C33H29Cl2NO5. The summed E-state index contributed by atoms with van der Waals surface area (Å²) in [4.78, 5) is 14.3. The van der Waals surface area contributed by atoms with Crippen molar-refractivity contribution >= 4 is 29.2 Å². The summed E-state index contributed by atoms with van der Waals surface area (Å²) in [5, 5.41) is 11.1. The fraction of sp³-hybridized carbons (Fsp3) is 0.242. The van der Waals surface area contributed by atoms with Crippen molar-refractivity contribution in [1.82, 2.24) is 4.90 Å². The topological polar surface area (TPSA) is 68.2 Å². The largest absolute Gasteiger partial charge is 0.489 e. The van der Waals surface area contributed by atoms with Crippen LogP contribution in [0.4, 0.5) is 0 Å². The zero-order chi connectivity index (χ0) is 28.5. The Morgan fingerprint density at radius 3 is 2.46 bits per heavy atom. The van der Waals surface area contributed by atoms with Gasteiger partial charge >= 0.3 is 5.97 Å². The molecule has 41 heavy (non-hydrogen) atoms. The standard InChI is InChI=1S/C33H29Cl2NO5/c1-20(22-5-3-2-4-6-22)36-17-25-16-31-30(15-24(25)14-29(36)33(37)38)40-19-32(41-31)23-8-10-26(11-9-23)39-18-21-7-12-27(34)28(35)13-21/h2-13,15-16,20,29,32H,14,17-19H2,1H3,(H,37,38). The van der Waals surface area contributed by atoms with E-state index in [0.717, 1.165) is 33.6 Å². The van der Waals surface area contributed by atoms with Gasteiger partial charge in [0, 0.05) is 12.6 Å². The second kappa shape index (κ2) is 11.6. The molecule has 4 aromatic rings. The van der Waals surface area contributed by atoms with Crippen LogP contribution in [0.1, 0.15) is 46.9 Å². The normalized spacial score (nSPS) is 18.8. The number of hydrogen-bond acceptors (Lipinski definition) is 5. The molecule has 210 valence electrons. The van der Waals surface area contributed by atoms with Gasteiger partial charge < -0.3 is 19.3 Å². The van der Waals surface area contributed by atoms with Crippen molar-refractivity contribution in [3.05, 3.63) is 123 Å². The summed E-state index contributed by atoms with van der Waals surface area (Å²) in [6, 6.07) is 26.5. The van der Waals surface area contributed by atoms with Crippen molar-refractivity contribution in [3.63, 3.8) is 0 Å². The van der Waals surface area contributed by atoms with E-state index in [4.69, 9.17) is 37.4 Å². The van der Waals surface area contributed by atoms with Gasteiger partial charge in [-0.15, -0.1) is 0 Å². The number of ether oxygens (including phenoxy) is 3. The first kappa shape index (κ1) is 27.5. The summed E-state index contributed by atoms with van der Waals surface area (Å²) in [5.41, 5.74) is 5.03. The lowest BCUT2D eigenvalue weighted by Crippen LogP contribution is -2.46. The van der Waals surface area contributed by atoms with Crippen molar-refractivity contribution in [2.24, 2.45) is 0 Å². The van der Waals surface area contributed by atoms with Crippen LogP contribution in [0, 0.1) is 0 Å². The van der Waals surface area contributed by atoms with Gasteiger partial charge in [0.2, 0.25) is 0 Å². The fourth-order valence-corrected chi connectivity index (χ4v) is 5.79. The highest BCUT2D eigenvalue weighted by atomic mass is 35.5. The second-order valence-corrected chi connectivity index (χ2v) is 11.2. The monoisotopic (exact) mass is 589 g/mol. The highest BCUT2D eigenvalue weighted by Gasteiger charge is 2.36. The smallest absolute Gasteiger partial charge is 0.321 e. The molecule has 0 aliphatic carbocycles. The summed E-state index contributed by atoms with van der Waals surface area (Å²) < 4.78 is 18.4. The second-order valence-electron chi connectivity index (χ2n) is 10.4. The summed E-state index contributed by atoms with van der Waals surface area (Å²) in [5.74, 6) is 1.22. The van der Waals surface area contributed by atoms with Crippen LogP contribution in [0.2, 0.25) is 10.0 Å². The molecule has 3 unspecified atom stereocenters. The molecule has 2 heterocycles. The molecule has 0 aromatic heterocycles. The average molecular weight is 591 g/mol. The number of carboxylic acid groups (broad SMARTS) is 1. The van der Waals surface area contributed by atoms with E-state index in [-0.39, 0.29) is 12.1 Å². The van der Waals surface area contributed by atoms with E-state index in [0.29, 0.717) is 47.7 Å². The lowest BCUT2D eigenvalue weighted by molar-refractivity contribution is -0.145. The number of carbonyl (C=O) groups is 1. The highest BCUT2D eigenvalue weighted by Crippen LogP contribution is 2.42. The number of benzene rings is 4. The first-order valence-corrected chi connectivity index (χ1v) is 14.3. The van der Waals surface area contributed by atoms with Gasteiger partial charge in [-0.1, -0.05) is 71.7 Å². The van der Waals surface area contributed by atoms with Crippen molar-refractivity contribution < 1.29 is 24.1 Å². The van der Waals surface area contributed by atoms with Crippen LogP contribution in [-0.2, 0) is 24.4 Å². The molecule has 0 bridgehead atoms. The maximum absolute atomic E-state index is 12.2. The molecule has 2 aliphatic rings. The Balaban J connectivity index is 1.16. The predicted molar refractivity (Wildman–Crippen MR) is 158 cm³/mol. The van der Waals surface area contributed by atoms with Crippen LogP contribution in [-0.4, -0.2) is 28.6 Å². The molecule has 0 radical (unpaired) electrons. The SMILES string of the molecule is CC(c1ccccc1)N1Cc2cc3c(cc2CC1C(=O)O)OCC(c1ccc(OCc2ccc(Cl)c(Cl)c2)cc1)O3. The van der Waals surface area contributed by atoms with Crippen LogP contribution in [0.5, 0.6) is 17.2 Å². The van der Waals surface area contributed by atoms with E-state index in [1.807, 2.05) is 77.7 Å². The van der Waals surface area contributed by atoms with E-state index >= 15 is 0 Å². The molecule has 8 heteroatoms. The van der Waals surface area contributed by atoms with E-state index in [2.05, 4.69) is 6.92 Å². The molecule has 0 saturated carbocycles. The first-order valence-electron chi connectivity index (χ1n) is 13.5. The van der Waals surface area contributed by atoms with Crippen LogP contribution in [0.15, 0.2) is 84.9 Å². The zero-order valence-corrected chi connectivity index (χ0v) is 23.9. The fourth-order valence-electron chi connectivity index (χ4n) is 5.47. The number of nitrogens with zero attached hydrogens (tertiary/aromatic N) is 1. The number of halogens is 2. The van der Waals surface area contributed by atoms with E-state index < -0.39 is 12.0 Å². The van der Waals surface area contributed by atoms with E-state index in [1.54, 1.807) is 12.1 Å². The number of carboxylic acids is 1. The molecule has 0 saturated heterocycles. The minimum atomic E-state index is -0.822. The maximum atomic E-state index is 12.2. The number of rotatable bonds is 7. The third-order valence-electron chi connectivity index (χ3n) is 7.80. The molecule has 6 rings (SSSR count).